The molecule has 11 nitrogen and oxygen atoms in total. The second-order valence-corrected chi connectivity index (χ2v) is 7.66. The number of ether oxygens (including phenoxy) is 3. The largest absolute Gasteiger partial charge is 0.508 e. The fourth-order valence-electron chi connectivity index (χ4n) is 3.66. The highest BCUT2D eigenvalue weighted by atomic mass is 16.7. The first kappa shape index (κ1) is 22.3. The van der Waals surface area contributed by atoms with Crippen LogP contribution >= 0.6 is 0 Å². The highest BCUT2D eigenvalue weighted by Gasteiger charge is 2.50. The molecule has 6 atom stereocenters. The Hall–Kier alpha value is -2.93. The van der Waals surface area contributed by atoms with Crippen molar-refractivity contribution in [1.82, 2.24) is 0 Å². The molecule has 11 heteroatoms. The molecular weight excluding hydrogens is 428 g/mol. The van der Waals surface area contributed by atoms with E-state index in [1.165, 1.54) is 30.3 Å². The van der Waals surface area contributed by atoms with E-state index in [1.54, 1.807) is 0 Å². The topological polar surface area (TPSA) is 186 Å². The second-order valence-electron chi connectivity index (χ2n) is 7.66. The first-order valence-electron chi connectivity index (χ1n) is 9.72. The van der Waals surface area contributed by atoms with Crippen LogP contribution in [0.2, 0.25) is 0 Å². The van der Waals surface area contributed by atoms with Gasteiger partial charge >= 0.3 is 0 Å². The first-order valence-corrected chi connectivity index (χ1v) is 9.72. The molecule has 2 aromatic carbocycles. The van der Waals surface area contributed by atoms with Gasteiger partial charge in [-0.3, -0.25) is 4.79 Å². The van der Waals surface area contributed by atoms with Crippen molar-refractivity contribution in [3.05, 3.63) is 47.5 Å². The van der Waals surface area contributed by atoms with Crippen LogP contribution in [0.5, 0.6) is 23.0 Å². The maximum absolute atomic E-state index is 12.9. The molecule has 0 aliphatic carbocycles. The molecule has 7 N–H and O–H groups in total. The Labute approximate surface area is 181 Å². The van der Waals surface area contributed by atoms with Crippen molar-refractivity contribution in [2.45, 2.75) is 42.9 Å². The van der Waals surface area contributed by atoms with Crippen LogP contribution in [0.3, 0.4) is 0 Å². The number of carbonyl (C=O) groups excluding carboxylic acids is 1. The van der Waals surface area contributed by atoms with E-state index in [4.69, 9.17) is 14.2 Å². The van der Waals surface area contributed by atoms with Gasteiger partial charge in [0.05, 0.1) is 12.2 Å². The van der Waals surface area contributed by atoms with Gasteiger partial charge in [0.1, 0.15) is 30.2 Å². The van der Waals surface area contributed by atoms with Gasteiger partial charge in [-0.15, -0.1) is 0 Å². The molecule has 172 valence electrons. The summed E-state index contributed by atoms with van der Waals surface area (Å²) in [4.78, 5) is 12.9. The number of aliphatic hydroxyl groups excluding tert-OH is 4. The Morgan fingerprint density at radius 2 is 1.66 bits per heavy atom. The highest BCUT2D eigenvalue weighted by molar-refractivity contribution is 6.07. The minimum atomic E-state index is -2.33. The third-order valence-electron chi connectivity index (χ3n) is 5.42. The van der Waals surface area contributed by atoms with Crippen molar-refractivity contribution in [2.24, 2.45) is 0 Å². The number of fused-ring (bicyclic) bond motifs is 1. The van der Waals surface area contributed by atoms with Crippen LogP contribution in [0.1, 0.15) is 15.9 Å². The molecular formula is C21H22O11. The maximum Gasteiger partial charge on any atom is 0.277 e. The molecule has 2 aromatic rings. The summed E-state index contributed by atoms with van der Waals surface area (Å²) in [5.74, 6) is -4.40. The van der Waals surface area contributed by atoms with Gasteiger partial charge in [-0.2, -0.15) is 0 Å². The molecule has 1 fully saturated rings. The first-order chi connectivity index (χ1) is 15.1. The predicted molar refractivity (Wildman–Crippen MR) is 104 cm³/mol. The SMILES string of the molecule is O=C1c2ccc(O)c(O[C@@H]3O[C@H](CO)[C@@H](O)[C@H](O)[C@H]3O)c2O[C@]1(O)Cc1ccc(O)cc1. The Morgan fingerprint density at radius 3 is 2.31 bits per heavy atom. The lowest BCUT2D eigenvalue weighted by atomic mass is 9.98. The van der Waals surface area contributed by atoms with E-state index in [0.717, 1.165) is 6.07 Å². The monoisotopic (exact) mass is 450 g/mol. The van der Waals surface area contributed by atoms with Crippen LogP contribution < -0.4 is 9.47 Å². The van der Waals surface area contributed by atoms with Crippen molar-refractivity contribution >= 4 is 5.78 Å². The summed E-state index contributed by atoms with van der Waals surface area (Å²) in [7, 11) is 0. The Bertz CT molecular complexity index is 1010. The van der Waals surface area contributed by atoms with E-state index < -0.39 is 60.4 Å². The van der Waals surface area contributed by atoms with Gasteiger partial charge in [-0.05, 0) is 29.8 Å². The average molecular weight is 450 g/mol. The van der Waals surface area contributed by atoms with Crippen LogP contribution in [-0.2, 0) is 11.2 Å². The molecule has 0 unspecified atom stereocenters. The van der Waals surface area contributed by atoms with E-state index in [9.17, 15) is 40.5 Å². The molecule has 1 saturated heterocycles. The number of Topliss-reactive ketones (excluding diaryl/α,β-unsaturated/α-hetero) is 1. The summed E-state index contributed by atoms with van der Waals surface area (Å²) in [6, 6.07) is 8.09. The van der Waals surface area contributed by atoms with Crippen LogP contribution in [0.15, 0.2) is 36.4 Å². The van der Waals surface area contributed by atoms with E-state index >= 15 is 0 Å². The van der Waals surface area contributed by atoms with Gasteiger partial charge in [-0.25, -0.2) is 0 Å². The number of carbonyl (C=O) groups is 1. The molecule has 2 heterocycles. The van der Waals surface area contributed by atoms with E-state index in [1.807, 2.05) is 0 Å². The van der Waals surface area contributed by atoms with Crippen LogP contribution in [-0.4, -0.2) is 84.6 Å². The van der Waals surface area contributed by atoms with Gasteiger partial charge in [0.15, 0.2) is 11.5 Å². The summed E-state index contributed by atoms with van der Waals surface area (Å²) in [5, 5.41) is 69.9. The summed E-state index contributed by atoms with van der Waals surface area (Å²) >= 11 is 0. The fraction of sp³-hybridized carbons (Fsp3) is 0.381. The number of aliphatic hydroxyl groups is 5. The highest BCUT2D eigenvalue weighted by Crippen LogP contribution is 2.47. The summed E-state index contributed by atoms with van der Waals surface area (Å²) in [5.41, 5.74) is 0.371. The normalized spacial score (nSPS) is 31.8. The molecule has 4 rings (SSSR count). The molecule has 0 aromatic heterocycles. The molecule has 0 bridgehead atoms. The molecule has 0 amide bonds. The van der Waals surface area contributed by atoms with Crippen molar-refractivity contribution in [2.75, 3.05) is 6.61 Å². The van der Waals surface area contributed by atoms with Crippen LogP contribution in [0, 0.1) is 0 Å². The van der Waals surface area contributed by atoms with Gasteiger partial charge in [0.25, 0.3) is 5.79 Å². The van der Waals surface area contributed by atoms with Crippen LogP contribution in [0.25, 0.3) is 0 Å². The second kappa shape index (κ2) is 8.20. The van der Waals surface area contributed by atoms with Gasteiger partial charge in [-0.1, -0.05) is 12.1 Å². The number of ketones is 1. The average Bonchev–Trinajstić information content (AvgIpc) is 3.02. The van der Waals surface area contributed by atoms with Crippen molar-refractivity contribution in [3.63, 3.8) is 0 Å². The predicted octanol–water partition coefficient (Wildman–Crippen LogP) is -1.22. The summed E-state index contributed by atoms with van der Waals surface area (Å²) in [6.07, 6.45) is -8.28. The zero-order chi connectivity index (χ0) is 23.2. The lowest BCUT2D eigenvalue weighted by Crippen LogP contribution is -2.60. The van der Waals surface area contributed by atoms with Gasteiger partial charge in [0.2, 0.25) is 17.8 Å². The summed E-state index contributed by atoms with van der Waals surface area (Å²) < 4.78 is 16.2. The van der Waals surface area contributed by atoms with Gasteiger partial charge < -0.3 is 50.0 Å². The van der Waals surface area contributed by atoms with Crippen molar-refractivity contribution in [1.29, 1.82) is 0 Å². The number of hydrogen-bond donors (Lipinski definition) is 7. The van der Waals surface area contributed by atoms with E-state index in [2.05, 4.69) is 0 Å². The zero-order valence-corrected chi connectivity index (χ0v) is 16.5. The maximum atomic E-state index is 12.9. The number of phenols is 2. The summed E-state index contributed by atoms with van der Waals surface area (Å²) in [6.45, 7) is -0.689. The molecule has 0 spiro atoms. The van der Waals surface area contributed by atoms with Crippen molar-refractivity contribution < 1.29 is 54.8 Å². The lowest BCUT2D eigenvalue weighted by Gasteiger charge is -2.39. The van der Waals surface area contributed by atoms with E-state index in [0.29, 0.717) is 5.56 Å². The van der Waals surface area contributed by atoms with Crippen LogP contribution in [0.4, 0.5) is 0 Å². The number of hydrogen-bond acceptors (Lipinski definition) is 11. The Kier molecular flexibility index (Phi) is 5.71. The molecule has 2 aliphatic heterocycles. The molecule has 0 saturated carbocycles. The fourth-order valence-corrected chi connectivity index (χ4v) is 3.66. The minimum absolute atomic E-state index is 0.00262. The van der Waals surface area contributed by atoms with Crippen molar-refractivity contribution in [3.8, 4) is 23.0 Å². The number of aromatic hydroxyl groups is 2. The van der Waals surface area contributed by atoms with Gasteiger partial charge in [0, 0.05) is 6.42 Å². The third kappa shape index (κ3) is 3.75. The lowest BCUT2D eigenvalue weighted by molar-refractivity contribution is -0.278. The molecule has 0 radical (unpaired) electrons. The standard InChI is InChI=1S/C21H22O11/c22-8-13-14(25)15(26)16(27)20(30-13)31-18-12(24)6-5-11-17(18)32-21(29,19(11)28)7-9-1-3-10(23)4-2-9/h1-6,13-16,20,22-27,29H,7-8H2/t13-,14-,15+,16-,20+,21-/m1/s1. The number of phenolic OH excluding ortho intramolecular Hbond substituents is 2. The quantitative estimate of drug-likeness (QED) is 0.289. The number of benzene rings is 2. The smallest absolute Gasteiger partial charge is 0.277 e. The Balaban J connectivity index is 1.63. The third-order valence-corrected chi connectivity index (χ3v) is 5.42. The van der Waals surface area contributed by atoms with E-state index in [-0.39, 0.29) is 23.5 Å². The molecule has 2 aliphatic rings. The Morgan fingerprint density at radius 1 is 0.969 bits per heavy atom. The molecule has 32 heavy (non-hydrogen) atoms. The minimum Gasteiger partial charge on any atom is -0.508 e. The zero-order valence-electron chi connectivity index (χ0n) is 16.5. The number of rotatable bonds is 5.